The quantitative estimate of drug-likeness (QED) is 0.480. The normalized spacial score (nSPS) is 20.4. The van der Waals surface area contributed by atoms with Gasteiger partial charge in [0.1, 0.15) is 0 Å². The molecule has 0 bridgehead atoms. The minimum Gasteiger partial charge on any atom is -0.302 e. The number of nitrogens with zero attached hydrogens (tertiary/aromatic N) is 3. The van der Waals surface area contributed by atoms with Crippen molar-refractivity contribution in [2.45, 2.75) is 70.0 Å². The van der Waals surface area contributed by atoms with Gasteiger partial charge in [0.05, 0.1) is 11.7 Å². The molecule has 0 amide bonds. The highest BCUT2D eigenvalue weighted by Crippen LogP contribution is 2.40. The smallest absolute Gasteiger partial charge is 0.0812 e. The Labute approximate surface area is 128 Å². The molecule has 1 aliphatic rings. The van der Waals surface area contributed by atoms with Crippen molar-refractivity contribution >= 4 is 0 Å². The monoisotopic (exact) mass is 293 g/mol. The molecule has 0 spiro atoms. The van der Waals surface area contributed by atoms with Crippen LogP contribution in [-0.4, -0.2) is 34.3 Å². The van der Waals surface area contributed by atoms with Crippen LogP contribution >= 0.6 is 0 Å². The molecule has 1 heterocycles. The van der Waals surface area contributed by atoms with Gasteiger partial charge >= 0.3 is 0 Å². The van der Waals surface area contributed by atoms with Crippen LogP contribution in [-0.2, 0) is 6.54 Å². The van der Waals surface area contributed by atoms with E-state index in [4.69, 9.17) is 5.84 Å². The predicted octanol–water partition coefficient (Wildman–Crippen LogP) is 2.45. The molecule has 0 aromatic carbocycles. The number of aromatic nitrogens is 2. The topological polar surface area (TPSA) is 59.1 Å². The van der Waals surface area contributed by atoms with Crippen LogP contribution in [0.2, 0.25) is 0 Å². The Kier molecular flexibility index (Phi) is 5.79. The molecule has 1 fully saturated rings. The van der Waals surface area contributed by atoms with Gasteiger partial charge in [0, 0.05) is 18.3 Å². The van der Waals surface area contributed by atoms with Crippen LogP contribution in [0.4, 0.5) is 0 Å². The average molecular weight is 293 g/mol. The van der Waals surface area contributed by atoms with E-state index in [0.29, 0.717) is 0 Å². The molecule has 120 valence electrons. The Morgan fingerprint density at radius 3 is 2.52 bits per heavy atom. The molecule has 1 unspecified atom stereocenters. The van der Waals surface area contributed by atoms with E-state index in [0.717, 1.165) is 13.0 Å². The molecule has 1 aromatic rings. The first-order valence-electron chi connectivity index (χ1n) is 8.31. The second-order valence-corrected chi connectivity index (χ2v) is 6.49. The van der Waals surface area contributed by atoms with Gasteiger partial charge in [-0.15, -0.1) is 0 Å². The number of rotatable bonds is 6. The number of hydrogen-bond donors (Lipinski definition) is 2. The van der Waals surface area contributed by atoms with Crippen LogP contribution in [0, 0.1) is 0 Å². The number of likely N-dealkylation sites (N-methyl/N-ethyl adjacent to an activating group) is 1. The fraction of sp³-hybridized carbons (Fsp3) is 0.812. The lowest BCUT2D eigenvalue weighted by Gasteiger charge is -2.45. The summed E-state index contributed by atoms with van der Waals surface area (Å²) in [6.45, 7) is 3.13. The van der Waals surface area contributed by atoms with Crippen molar-refractivity contribution in [2.75, 3.05) is 14.1 Å². The Balaban J connectivity index is 2.37. The maximum Gasteiger partial charge on any atom is 0.0812 e. The molecule has 0 aliphatic heterocycles. The summed E-state index contributed by atoms with van der Waals surface area (Å²) in [4.78, 5) is 2.38. The molecule has 1 aromatic heterocycles. The summed E-state index contributed by atoms with van der Waals surface area (Å²) in [6, 6.07) is 2.25. The zero-order chi connectivity index (χ0) is 15.3. The Morgan fingerprint density at radius 1 is 1.33 bits per heavy atom. The fourth-order valence-corrected chi connectivity index (χ4v) is 3.84. The number of hydrazine groups is 1. The summed E-state index contributed by atoms with van der Waals surface area (Å²) in [5.74, 6) is 6.02. The summed E-state index contributed by atoms with van der Waals surface area (Å²) in [5, 5.41) is 4.49. The summed E-state index contributed by atoms with van der Waals surface area (Å²) >= 11 is 0. The van der Waals surface area contributed by atoms with E-state index in [1.165, 1.54) is 44.2 Å². The lowest BCUT2D eigenvalue weighted by atomic mass is 9.80. The standard InChI is InChI=1S/C16H31N5/c1-4-13-21-14(9-12-18-21)15(19-17)16(20(2)3)10-7-5-6-8-11-16/h9,12,15,19H,4-8,10-11,13,17H2,1-3H3. The second kappa shape index (κ2) is 7.38. The van der Waals surface area contributed by atoms with Crippen LogP contribution < -0.4 is 11.3 Å². The predicted molar refractivity (Wildman–Crippen MR) is 86.7 cm³/mol. The fourth-order valence-electron chi connectivity index (χ4n) is 3.84. The van der Waals surface area contributed by atoms with Crippen molar-refractivity contribution in [3.8, 4) is 0 Å². The van der Waals surface area contributed by atoms with Gasteiger partial charge in [-0.1, -0.05) is 32.6 Å². The molecule has 5 nitrogen and oxygen atoms in total. The van der Waals surface area contributed by atoms with Crippen molar-refractivity contribution in [1.82, 2.24) is 20.1 Å². The SMILES string of the molecule is CCCn1nccc1C(NN)C1(N(C)C)CCCCCC1. The largest absolute Gasteiger partial charge is 0.302 e. The molecular formula is C16H31N5. The van der Waals surface area contributed by atoms with E-state index < -0.39 is 0 Å². The van der Waals surface area contributed by atoms with Crippen molar-refractivity contribution in [3.05, 3.63) is 18.0 Å². The molecule has 0 saturated heterocycles. The molecule has 1 aliphatic carbocycles. The van der Waals surface area contributed by atoms with E-state index in [2.05, 4.69) is 47.2 Å². The first-order chi connectivity index (χ1) is 10.2. The zero-order valence-electron chi connectivity index (χ0n) is 13.8. The van der Waals surface area contributed by atoms with Crippen LogP contribution in [0.5, 0.6) is 0 Å². The van der Waals surface area contributed by atoms with Crippen molar-refractivity contribution in [1.29, 1.82) is 0 Å². The molecule has 1 atom stereocenters. The van der Waals surface area contributed by atoms with Crippen molar-refractivity contribution in [3.63, 3.8) is 0 Å². The molecule has 0 radical (unpaired) electrons. The van der Waals surface area contributed by atoms with Crippen LogP contribution in [0.3, 0.4) is 0 Å². The van der Waals surface area contributed by atoms with Gasteiger partial charge in [0.25, 0.3) is 0 Å². The second-order valence-electron chi connectivity index (χ2n) is 6.49. The zero-order valence-corrected chi connectivity index (χ0v) is 13.8. The summed E-state index contributed by atoms with van der Waals surface area (Å²) in [6.07, 6.45) is 10.6. The summed E-state index contributed by atoms with van der Waals surface area (Å²) < 4.78 is 2.11. The Bertz CT molecular complexity index is 418. The van der Waals surface area contributed by atoms with Gasteiger partial charge < -0.3 is 4.90 Å². The lowest BCUT2D eigenvalue weighted by Crippen LogP contribution is -2.55. The highest BCUT2D eigenvalue weighted by molar-refractivity contribution is 5.15. The molecule has 21 heavy (non-hydrogen) atoms. The Morgan fingerprint density at radius 2 is 2.00 bits per heavy atom. The number of aryl methyl sites for hydroxylation is 1. The van der Waals surface area contributed by atoms with E-state index in [-0.39, 0.29) is 11.6 Å². The maximum atomic E-state index is 6.02. The minimum atomic E-state index is 0.0801. The average Bonchev–Trinajstić information content (AvgIpc) is 2.76. The summed E-state index contributed by atoms with van der Waals surface area (Å²) in [5.41, 5.74) is 4.42. The first kappa shape index (κ1) is 16.5. The number of nitrogens with one attached hydrogen (secondary N) is 1. The highest BCUT2D eigenvalue weighted by Gasteiger charge is 2.42. The molecular weight excluding hydrogens is 262 g/mol. The third kappa shape index (κ3) is 3.30. The van der Waals surface area contributed by atoms with Crippen molar-refractivity contribution < 1.29 is 0 Å². The summed E-state index contributed by atoms with van der Waals surface area (Å²) in [7, 11) is 4.38. The third-order valence-corrected chi connectivity index (χ3v) is 5.04. The maximum absolute atomic E-state index is 6.02. The van der Waals surface area contributed by atoms with Gasteiger partial charge in [-0.05, 0) is 39.4 Å². The number of hydrogen-bond acceptors (Lipinski definition) is 4. The van der Waals surface area contributed by atoms with Gasteiger partial charge in [-0.3, -0.25) is 10.5 Å². The van der Waals surface area contributed by atoms with Gasteiger partial charge in [-0.25, -0.2) is 5.43 Å². The van der Waals surface area contributed by atoms with E-state index in [1.807, 2.05) is 6.20 Å². The van der Waals surface area contributed by atoms with Gasteiger partial charge in [0.15, 0.2) is 0 Å². The van der Waals surface area contributed by atoms with E-state index >= 15 is 0 Å². The van der Waals surface area contributed by atoms with Crippen LogP contribution in [0.25, 0.3) is 0 Å². The first-order valence-corrected chi connectivity index (χ1v) is 8.31. The molecule has 5 heteroatoms. The lowest BCUT2D eigenvalue weighted by molar-refractivity contribution is 0.0759. The van der Waals surface area contributed by atoms with Crippen LogP contribution in [0.15, 0.2) is 12.3 Å². The third-order valence-electron chi connectivity index (χ3n) is 5.04. The van der Waals surface area contributed by atoms with E-state index in [1.54, 1.807) is 0 Å². The van der Waals surface area contributed by atoms with Crippen LogP contribution in [0.1, 0.15) is 63.6 Å². The van der Waals surface area contributed by atoms with Gasteiger partial charge in [0.2, 0.25) is 0 Å². The van der Waals surface area contributed by atoms with Crippen molar-refractivity contribution in [2.24, 2.45) is 5.84 Å². The molecule has 3 N–H and O–H groups in total. The number of nitrogens with two attached hydrogens (primary N) is 1. The van der Waals surface area contributed by atoms with E-state index in [9.17, 15) is 0 Å². The molecule has 1 saturated carbocycles. The minimum absolute atomic E-state index is 0.0801. The Hall–Kier alpha value is -0.910. The van der Waals surface area contributed by atoms with Gasteiger partial charge in [-0.2, -0.15) is 5.10 Å². The molecule has 2 rings (SSSR count). The highest BCUT2D eigenvalue weighted by atomic mass is 15.3.